The Kier molecular flexibility index (Phi) is 4.80. The summed E-state index contributed by atoms with van der Waals surface area (Å²) in [4.78, 5) is 27.6. The smallest absolute Gasteiger partial charge is 0.234 e. The van der Waals surface area contributed by atoms with Crippen LogP contribution in [-0.4, -0.2) is 53.8 Å². The van der Waals surface area contributed by atoms with Crippen LogP contribution in [0.2, 0.25) is 0 Å². The van der Waals surface area contributed by atoms with Crippen molar-refractivity contribution in [3.63, 3.8) is 0 Å². The highest BCUT2D eigenvalue weighted by Gasteiger charge is 2.30. The van der Waals surface area contributed by atoms with Crippen molar-refractivity contribution in [3.8, 4) is 0 Å². The predicted molar refractivity (Wildman–Crippen MR) is 73.4 cm³/mol. The fraction of sp³-hybridized carbons (Fsp3) is 0.857. The second-order valence-electron chi connectivity index (χ2n) is 5.77. The molecule has 0 aromatic rings. The van der Waals surface area contributed by atoms with Crippen molar-refractivity contribution in [3.05, 3.63) is 0 Å². The van der Waals surface area contributed by atoms with E-state index in [2.05, 4.69) is 4.90 Å². The highest BCUT2D eigenvalue weighted by atomic mass is 16.2. The zero-order chi connectivity index (χ0) is 13.8. The molecule has 2 rings (SSSR count). The van der Waals surface area contributed by atoms with E-state index >= 15 is 0 Å². The minimum Gasteiger partial charge on any atom is -0.368 e. The number of rotatable bonds is 3. The molecule has 0 unspecified atom stereocenters. The fourth-order valence-corrected chi connectivity index (χ4v) is 3.12. The molecule has 1 saturated carbocycles. The lowest BCUT2D eigenvalue weighted by Crippen LogP contribution is -2.55. The normalized spacial score (nSPS) is 24.2. The first-order valence-electron chi connectivity index (χ1n) is 7.41. The first kappa shape index (κ1) is 14.3. The largest absolute Gasteiger partial charge is 0.368 e. The monoisotopic (exact) mass is 267 g/mol. The molecule has 1 atom stereocenters. The van der Waals surface area contributed by atoms with E-state index in [1.165, 1.54) is 19.3 Å². The minimum atomic E-state index is -0.285. The molecule has 1 heterocycles. The summed E-state index contributed by atoms with van der Waals surface area (Å²) in [6.45, 7) is 4.80. The molecular formula is C14H25N3O2. The third kappa shape index (κ3) is 3.47. The molecule has 0 spiro atoms. The quantitative estimate of drug-likeness (QED) is 0.813. The van der Waals surface area contributed by atoms with Gasteiger partial charge in [0.25, 0.3) is 0 Å². The van der Waals surface area contributed by atoms with Crippen molar-refractivity contribution in [1.82, 2.24) is 9.80 Å². The van der Waals surface area contributed by atoms with E-state index in [9.17, 15) is 9.59 Å². The van der Waals surface area contributed by atoms with Crippen molar-refractivity contribution in [2.75, 3.05) is 26.2 Å². The molecule has 2 aliphatic rings. The topological polar surface area (TPSA) is 66.6 Å². The van der Waals surface area contributed by atoms with Crippen LogP contribution in [0.15, 0.2) is 0 Å². The second-order valence-corrected chi connectivity index (χ2v) is 5.77. The van der Waals surface area contributed by atoms with E-state index in [-0.39, 0.29) is 17.9 Å². The van der Waals surface area contributed by atoms with Gasteiger partial charge in [-0.3, -0.25) is 14.5 Å². The number of nitrogens with zero attached hydrogens (tertiary/aromatic N) is 2. The zero-order valence-electron chi connectivity index (χ0n) is 11.8. The van der Waals surface area contributed by atoms with Gasteiger partial charge in [-0.1, -0.05) is 19.3 Å². The summed E-state index contributed by atoms with van der Waals surface area (Å²) in [6, 6.07) is -0.230. The minimum absolute atomic E-state index is 0.230. The van der Waals surface area contributed by atoms with Crippen LogP contribution >= 0.6 is 0 Å². The summed E-state index contributed by atoms with van der Waals surface area (Å²) >= 11 is 0. The van der Waals surface area contributed by atoms with Crippen LogP contribution in [0.3, 0.4) is 0 Å². The Bertz CT molecular complexity index is 332. The molecule has 2 fully saturated rings. The van der Waals surface area contributed by atoms with E-state index in [1.54, 1.807) is 0 Å². The van der Waals surface area contributed by atoms with E-state index in [0.29, 0.717) is 5.91 Å². The van der Waals surface area contributed by atoms with Crippen molar-refractivity contribution in [2.24, 2.45) is 11.7 Å². The molecular weight excluding hydrogens is 242 g/mol. The lowest BCUT2D eigenvalue weighted by molar-refractivity contribution is -0.139. The number of amides is 2. The van der Waals surface area contributed by atoms with Gasteiger partial charge in [0.15, 0.2) is 0 Å². The Morgan fingerprint density at radius 2 is 1.63 bits per heavy atom. The van der Waals surface area contributed by atoms with Crippen LogP contribution in [-0.2, 0) is 9.59 Å². The van der Waals surface area contributed by atoms with Gasteiger partial charge in [-0.15, -0.1) is 0 Å². The van der Waals surface area contributed by atoms with E-state index < -0.39 is 0 Å². The van der Waals surface area contributed by atoms with Crippen molar-refractivity contribution >= 4 is 11.8 Å². The third-order valence-corrected chi connectivity index (χ3v) is 4.54. The lowest BCUT2D eigenvalue weighted by Gasteiger charge is -2.38. The molecule has 5 heteroatoms. The van der Waals surface area contributed by atoms with Crippen molar-refractivity contribution in [2.45, 2.75) is 45.1 Å². The van der Waals surface area contributed by atoms with Crippen LogP contribution in [0, 0.1) is 5.92 Å². The van der Waals surface area contributed by atoms with E-state index in [4.69, 9.17) is 5.73 Å². The van der Waals surface area contributed by atoms with Crippen LogP contribution in [0.5, 0.6) is 0 Å². The highest BCUT2D eigenvalue weighted by molar-refractivity contribution is 5.80. The molecule has 0 bridgehead atoms. The predicted octanol–water partition coefficient (Wildman–Crippen LogP) is 0.585. The second kappa shape index (κ2) is 6.37. The Labute approximate surface area is 115 Å². The molecule has 19 heavy (non-hydrogen) atoms. The zero-order valence-corrected chi connectivity index (χ0v) is 11.8. The number of piperazine rings is 1. The van der Waals surface area contributed by atoms with E-state index in [1.807, 2.05) is 11.8 Å². The van der Waals surface area contributed by atoms with Gasteiger partial charge >= 0.3 is 0 Å². The number of hydrogen-bond donors (Lipinski definition) is 1. The summed E-state index contributed by atoms with van der Waals surface area (Å²) in [6.07, 6.45) is 5.76. The molecule has 0 radical (unpaired) electrons. The Morgan fingerprint density at radius 1 is 1.05 bits per heavy atom. The van der Waals surface area contributed by atoms with Crippen molar-refractivity contribution < 1.29 is 9.59 Å². The Balaban J connectivity index is 1.82. The van der Waals surface area contributed by atoms with Gasteiger partial charge in [0, 0.05) is 32.1 Å². The fourth-order valence-electron chi connectivity index (χ4n) is 3.12. The molecule has 2 N–H and O–H groups in total. The van der Waals surface area contributed by atoms with Crippen LogP contribution in [0.1, 0.15) is 39.0 Å². The number of nitrogens with two attached hydrogens (primary N) is 1. The van der Waals surface area contributed by atoms with Gasteiger partial charge in [0.1, 0.15) is 0 Å². The molecule has 0 aromatic heterocycles. The highest BCUT2D eigenvalue weighted by Crippen LogP contribution is 2.25. The number of carbonyl (C=O) groups excluding carboxylic acids is 2. The number of primary amides is 1. The molecule has 5 nitrogen and oxygen atoms in total. The summed E-state index contributed by atoms with van der Waals surface area (Å²) in [5, 5.41) is 0. The summed E-state index contributed by atoms with van der Waals surface area (Å²) in [7, 11) is 0. The van der Waals surface area contributed by atoms with Crippen molar-refractivity contribution in [1.29, 1.82) is 0 Å². The lowest BCUT2D eigenvalue weighted by atomic mass is 9.88. The van der Waals surface area contributed by atoms with Gasteiger partial charge in [-0.25, -0.2) is 0 Å². The van der Waals surface area contributed by atoms with Crippen LogP contribution in [0.25, 0.3) is 0 Å². The first-order chi connectivity index (χ1) is 9.09. The summed E-state index contributed by atoms with van der Waals surface area (Å²) in [5.74, 6) is 0.284. The van der Waals surface area contributed by atoms with Gasteiger partial charge < -0.3 is 10.6 Å². The van der Waals surface area contributed by atoms with Crippen LogP contribution in [0.4, 0.5) is 0 Å². The maximum atomic E-state index is 12.4. The van der Waals surface area contributed by atoms with Gasteiger partial charge in [0.2, 0.25) is 11.8 Å². The molecule has 108 valence electrons. The number of hydrogen-bond acceptors (Lipinski definition) is 3. The van der Waals surface area contributed by atoms with Gasteiger partial charge in [-0.2, -0.15) is 0 Å². The summed E-state index contributed by atoms with van der Waals surface area (Å²) < 4.78 is 0. The third-order valence-electron chi connectivity index (χ3n) is 4.54. The first-order valence-corrected chi connectivity index (χ1v) is 7.41. The summed E-state index contributed by atoms with van der Waals surface area (Å²) in [5.41, 5.74) is 5.32. The molecule has 1 aliphatic heterocycles. The maximum Gasteiger partial charge on any atom is 0.234 e. The van der Waals surface area contributed by atoms with E-state index in [0.717, 1.165) is 39.0 Å². The Hall–Kier alpha value is -1.10. The molecule has 1 saturated heterocycles. The molecule has 2 amide bonds. The number of carbonyl (C=O) groups is 2. The molecule has 1 aliphatic carbocycles. The average molecular weight is 267 g/mol. The SMILES string of the molecule is C[C@H](C(N)=O)N1CCN(C(=O)C2CCCCC2)CC1. The molecule has 0 aromatic carbocycles. The van der Waals surface area contributed by atoms with Crippen LogP contribution < -0.4 is 5.73 Å². The Morgan fingerprint density at radius 3 is 2.16 bits per heavy atom. The average Bonchev–Trinajstić information content (AvgIpc) is 2.46. The van der Waals surface area contributed by atoms with Gasteiger partial charge in [0.05, 0.1) is 6.04 Å². The van der Waals surface area contributed by atoms with Gasteiger partial charge in [-0.05, 0) is 19.8 Å². The maximum absolute atomic E-state index is 12.4. The standard InChI is InChI=1S/C14H25N3O2/c1-11(13(15)18)16-7-9-17(10-8-16)14(19)12-5-3-2-4-6-12/h11-12H,2-10H2,1H3,(H2,15,18)/t11-/m1/s1.